The van der Waals surface area contributed by atoms with Crippen LogP contribution in [0.4, 0.5) is 0 Å². The number of nitrogens with zero attached hydrogens (tertiary/aromatic N) is 1. The third kappa shape index (κ3) is 4.01. The second-order valence-electron chi connectivity index (χ2n) is 5.37. The summed E-state index contributed by atoms with van der Waals surface area (Å²) in [5, 5.41) is 19.5. The van der Waals surface area contributed by atoms with Gasteiger partial charge < -0.3 is 5.11 Å². The summed E-state index contributed by atoms with van der Waals surface area (Å²) in [6.45, 7) is 5.74. The molecule has 0 aromatic heterocycles. The van der Waals surface area contributed by atoms with Crippen molar-refractivity contribution in [1.82, 2.24) is 0 Å². The first-order chi connectivity index (χ1) is 8.01. The lowest BCUT2D eigenvalue weighted by atomic mass is 9.68. The van der Waals surface area contributed by atoms with Crippen LogP contribution >= 0.6 is 11.6 Å². The average Bonchev–Trinajstić information content (AvgIpc) is 2.30. The van der Waals surface area contributed by atoms with Crippen LogP contribution in [-0.2, 0) is 0 Å². The Kier molecular flexibility index (Phi) is 5.49. The van der Waals surface area contributed by atoms with Gasteiger partial charge in [0.05, 0.1) is 17.6 Å². The van der Waals surface area contributed by atoms with Crippen molar-refractivity contribution in [3.05, 3.63) is 12.2 Å². The SMILES string of the molecule is C=C(CCl)CCC[C@@H]1[C@@H](C#N)CCC[C@]1(C)O. The van der Waals surface area contributed by atoms with E-state index in [1.807, 2.05) is 6.92 Å². The molecule has 0 amide bonds. The van der Waals surface area contributed by atoms with Crippen molar-refractivity contribution < 1.29 is 5.11 Å². The van der Waals surface area contributed by atoms with E-state index in [2.05, 4.69) is 12.6 Å². The zero-order valence-corrected chi connectivity index (χ0v) is 11.3. The second-order valence-corrected chi connectivity index (χ2v) is 5.63. The highest BCUT2D eigenvalue weighted by Gasteiger charge is 2.40. The van der Waals surface area contributed by atoms with Crippen molar-refractivity contribution in [2.24, 2.45) is 11.8 Å². The van der Waals surface area contributed by atoms with E-state index in [0.29, 0.717) is 5.88 Å². The molecule has 1 fully saturated rings. The molecule has 1 aliphatic carbocycles. The van der Waals surface area contributed by atoms with Gasteiger partial charge in [-0.3, -0.25) is 0 Å². The lowest BCUT2D eigenvalue weighted by molar-refractivity contribution is -0.0514. The topological polar surface area (TPSA) is 44.0 Å². The molecule has 0 unspecified atom stereocenters. The van der Waals surface area contributed by atoms with Crippen LogP contribution in [0.3, 0.4) is 0 Å². The van der Waals surface area contributed by atoms with E-state index < -0.39 is 5.60 Å². The summed E-state index contributed by atoms with van der Waals surface area (Å²) in [5.41, 5.74) is 0.358. The highest BCUT2D eigenvalue weighted by atomic mass is 35.5. The van der Waals surface area contributed by atoms with Crippen molar-refractivity contribution >= 4 is 11.6 Å². The van der Waals surface area contributed by atoms with Crippen molar-refractivity contribution in [3.8, 4) is 6.07 Å². The van der Waals surface area contributed by atoms with Gasteiger partial charge in [0.15, 0.2) is 0 Å². The second kappa shape index (κ2) is 6.42. The molecule has 1 aliphatic rings. The van der Waals surface area contributed by atoms with E-state index in [-0.39, 0.29) is 11.8 Å². The van der Waals surface area contributed by atoms with Gasteiger partial charge >= 0.3 is 0 Å². The number of allylic oxidation sites excluding steroid dienone is 1. The molecule has 3 heteroatoms. The highest BCUT2D eigenvalue weighted by molar-refractivity contribution is 6.19. The molecule has 0 saturated heterocycles. The van der Waals surface area contributed by atoms with Crippen LogP contribution in [0.15, 0.2) is 12.2 Å². The first-order valence-electron chi connectivity index (χ1n) is 6.36. The van der Waals surface area contributed by atoms with E-state index in [1.165, 1.54) is 0 Å². The minimum atomic E-state index is -0.680. The summed E-state index contributed by atoms with van der Waals surface area (Å²) in [6.07, 6.45) is 5.44. The Bertz CT molecular complexity index is 306. The molecule has 1 saturated carbocycles. The Morgan fingerprint density at radius 2 is 2.35 bits per heavy atom. The standard InChI is InChI=1S/C14H22ClNO/c1-11(9-15)5-3-7-13-12(10-16)6-4-8-14(13,2)17/h12-13,17H,1,3-9H2,2H3/t12-,13-,14+/m1/s1. The van der Waals surface area contributed by atoms with Gasteiger partial charge in [0, 0.05) is 11.8 Å². The van der Waals surface area contributed by atoms with Crippen molar-refractivity contribution in [2.75, 3.05) is 5.88 Å². The molecule has 0 aliphatic heterocycles. The fourth-order valence-corrected chi connectivity index (χ4v) is 2.94. The van der Waals surface area contributed by atoms with Gasteiger partial charge in [0.1, 0.15) is 0 Å². The molecule has 1 rings (SSSR count). The summed E-state index contributed by atoms with van der Waals surface area (Å²) in [5.74, 6) is 0.607. The van der Waals surface area contributed by atoms with E-state index in [4.69, 9.17) is 16.9 Å². The van der Waals surface area contributed by atoms with Gasteiger partial charge in [-0.15, -0.1) is 11.6 Å². The minimum Gasteiger partial charge on any atom is -0.390 e. The molecule has 17 heavy (non-hydrogen) atoms. The molecule has 0 bridgehead atoms. The molecular formula is C14H22ClNO. The fourth-order valence-electron chi connectivity index (χ4n) is 2.81. The number of nitriles is 1. The van der Waals surface area contributed by atoms with Gasteiger partial charge in [-0.1, -0.05) is 12.2 Å². The summed E-state index contributed by atoms with van der Waals surface area (Å²) >= 11 is 5.68. The Balaban J connectivity index is 2.52. The lowest BCUT2D eigenvalue weighted by Crippen LogP contribution is -2.42. The van der Waals surface area contributed by atoms with E-state index in [0.717, 1.165) is 44.1 Å². The summed E-state index contributed by atoms with van der Waals surface area (Å²) < 4.78 is 0. The Morgan fingerprint density at radius 1 is 1.65 bits per heavy atom. The molecule has 0 heterocycles. The van der Waals surface area contributed by atoms with Crippen LogP contribution in [-0.4, -0.2) is 16.6 Å². The molecule has 0 radical (unpaired) electrons. The number of aliphatic hydroxyl groups is 1. The summed E-state index contributed by atoms with van der Waals surface area (Å²) in [4.78, 5) is 0. The van der Waals surface area contributed by atoms with Crippen LogP contribution in [0.5, 0.6) is 0 Å². The molecule has 2 nitrogen and oxygen atoms in total. The smallest absolute Gasteiger partial charge is 0.0660 e. The Morgan fingerprint density at radius 3 is 2.94 bits per heavy atom. The third-order valence-corrected chi connectivity index (χ3v) is 4.26. The first-order valence-corrected chi connectivity index (χ1v) is 6.89. The highest BCUT2D eigenvalue weighted by Crippen LogP contribution is 2.40. The maximum absolute atomic E-state index is 10.4. The average molecular weight is 256 g/mol. The van der Waals surface area contributed by atoms with Crippen molar-refractivity contribution in [1.29, 1.82) is 5.26 Å². The van der Waals surface area contributed by atoms with Crippen LogP contribution < -0.4 is 0 Å². The number of alkyl halides is 1. The summed E-state index contributed by atoms with van der Waals surface area (Å²) in [7, 11) is 0. The first kappa shape index (κ1) is 14.5. The van der Waals surface area contributed by atoms with E-state index in [9.17, 15) is 5.11 Å². The lowest BCUT2D eigenvalue weighted by Gasteiger charge is -2.40. The van der Waals surface area contributed by atoms with E-state index >= 15 is 0 Å². The quantitative estimate of drug-likeness (QED) is 0.602. The zero-order valence-electron chi connectivity index (χ0n) is 10.6. The van der Waals surface area contributed by atoms with Crippen LogP contribution in [0, 0.1) is 23.2 Å². The van der Waals surface area contributed by atoms with Crippen LogP contribution in [0.25, 0.3) is 0 Å². The van der Waals surface area contributed by atoms with Gasteiger partial charge in [-0.05, 0) is 45.4 Å². The maximum Gasteiger partial charge on any atom is 0.0660 e. The number of halogens is 1. The molecule has 96 valence electrons. The molecule has 1 N–H and O–H groups in total. The Hall–Kier alpha value is -0.520. The minimum absolute atomic E-state index is 0.00279. The molecule has 0 aromatic carbocycles. The largest absolute Gasteiger partial charge is 0.390 e. The Labute approximate surface area is 109 Å². The monoisotopic (exact) mass is 255 g/mol. The number of rotatable bonds is 5. The molecule has 3 atom stereocenters. The number of hydrogen-bond acceptors (Lipinski definition) is 2. The third-order valence-electron chi connectivity index (χ3n) is 3.88. The molecule has 0 spiro atoms. The predicted molar refractivity (Wildman–Crippen MR) is 70.8 cm³/mol. The zero-order chi connectivity index (χ0) is 12.9. The molecule has 0 aromatic rings. The summed E-state index contributed by atoms with van der Waals surface area (Å²) in [6, 6.07) is 2.35. The molecular weight excluding hydrogens is 234 g/mol. The predicted octanol–water partition coefficient (Wildman–Crippen LogP) is 3.64. The van der Waals surface area contributed by atoms with Crippen molar-refractivity contribution in [2.45, 2.75) is 51.0 Å². The van der Waals surface area contributed by atoms with E-state index in [1.54, 1.807) is 0 Å². The fraction of sp³-hybridized carbons (Fsp3) is 0.786. The normalized spacial score (nSPS) is 33.1. The van der Waals surface area contributed by atoms with Crippen molar-refractivity contribution in [3.63, 3.8) is 0 Å². The van der Waals surface area contributed by atoms with Gasteiger partial charge in [-0.2, -0.15) is 5.26 Å². The van der Waals surface area contributed by atoms with Gasteiger partial charge in [0.2, 0.25) is 0 Å². The van der Waals surface area contributed by atoms with Crippen LogP contribution in [0.2, 0.25) is 0 Å². The number of hydrogen-bond donors (Lipinski definition) is 1. The van der Waals surface area contributed by atoms with Crippen LogP contribution in [0.1, 0.15) is 45.4 Å². The maximum atomic E-state index is 10.4. The van der Waals surface area contributed by atoms with Gasteiger partial charge in [-0.25, -0.2) is 0 Å². The van der Waals surface area contributed by atoms with Gasteiger partial charge in [0.25, 0.3) is 0 Å².